The third kappa shape index (κ3) is 2.63. The van der Waals surface area contributed by atoms with Gasteiger partial charge >= 0.3 is 0 Å². The smallest absolute Gasteiger partial charge is 0.252 e. The zero-order valence-corrected chi connectivity index (χ0v) is 14.2. The average Bonchev–Trinajstić information content (AvgIpc) is 2.83. The molecule has 0 bridgehead atoms. The molecule has 2 aliphatic rings. The lowest BCUT2D eigenvalue weighted by atomic mass is 9.92. The Hall–Kier alpha value is -2.14. The van der Waals surface area contributed by atoms with Crippen molar-refractivity contribution in [3.05, 3.63) is 45.7 Å². The summed E-state index contributed by atoms with van der Waals surface area (Å²) in [6.07, 6.45) is 1.72. The van der Waals surface area contributed by atoms with Crippen molar-refractivity contribution >= 4 is 16.8 Å². The molecule has 2 fully saturated rings. The molecule has 2 aliphatic heterocycles. The number of hydrogen-bond acceptors (Lipinski definition) is 3. The van der Waals surface area contributed by atoms with E-state index in [1.807, 2.05) is 31.0 Å². The predicted octanol–water partition coefficient (Wildman–Crippen LogP) is 1.89. The van der Waals surface area contributed by atoms with Gasteiger partial charge in [0, 0.05) is 43.7 Å². The molecule has 24 heavy (non-hydrogen) atoms. The number of aryl methyl sites for hydroxylation is 1. The second kappa shape index (κ2) is 5.74. The first kappa shape index (κ1) is 15.4. The van der Waals surface area contributed by atoms with Gasteiger partial charge in [-0.05, 0) is 48.9 Å². The van der Waals surface area contributed by atoms with E-state index in [1.165, 1.54) is 0 Å². The number of nitrogens with one attached hydrogen (secondary N) is 1. The Morgan fingerprint density at radius 2 is 2.08 bits per heavy atom. The van der Waals surface area contributed by atoms with Crippen LogP contribution in [0.25, 0.3) is 10.9 Å². The number of aromatic amines is 1. The molecular formula is C19H23N3O2. The summed E-state index contributed by atoms with van der Waals surface area (Å²) < 4.78 is 0. The molecule has 5 heteroatoms. The summed E-state index contributed by atoms with van der Waals surface area (Å²) in [5.41, 5.74) is 2.83. The van der Waals surface area contributed by atoms with Crippen molar-refractivity contribution in [3.63, 3.8) is 0 Å². The fraction of sp³-hybridized carbons (Fsp3) is 0.474. The number of piperidine rings is 1. The monoisotopic (exact) mass is 325 g/mol. The van der Waals surface area contributed by atoms with Crippen molar-refractivity contribution in [2.24, 2.45) is 5.92 Å². The quantitative estimate of drug-likeness (QED) is 0.917. The van der Waals surface area contributed by atoms with Gasteiger partial charge in [-0.2, -0.15) is 0 Å². The fourth-order valence-electron chi connectivity index (χ4n) is 4.14. The number of amides is 1. The van der Waals surface area contributed by atoms with Crippen LogP contribution in [0.5, 0.6) is 0 Å². The number of aromatic nitrogens is 1. The van der Waals surface area contributed by atoms with E-state index in [4.69, 9.17) is 0 Å². The maximum absolute atomic E-state index is 12.4. The highest BCUT2D eigenvalue weighted by Crippen LogP contribution is 2.31. The topological polar surface area (TPSA) is 56.4 Å². The summed E-state index contributed by atoms with van der Waals surface area (Å²) in [5, 5.41) is 1.07. The predicted molar refractivity (Wildman–Crippen MR) is 93.9 cm³/mol. The molecule has 1 amide bonds. The largest absolute Gasteiger partial charge is 0.341 e. The second-order valence-corrected chi connectivity index (χ2v) is 7.27. The number of carbonyl (C=O) groups is 1. The number of likely N-dealkylation sites (N-methyl/N-ethyl adjacent to an activating group) is 1. The molecule has 2 atom stereocenters. The minimum Gasteiger partial charge on any atom is -0.341 e. The number of H-pyrrole nitrogens is 1. The van der Waals surface area contributed by atoms with Crippen LogP contribution >= 0.6 is 0 Å². The second-order valence-electron chi connectivity index (χ2n) is 7.27. The molecule has 126 valence electrons. The number of benzene rings is 1. The van der Waals surface area contributed by atoms with E-state index in [1.54, 1.807) is 0 Å². The zero-order valence-electron chi connectivity index (χ0n) is 14.2. The lowest BCUT2D eigenvalue weighted by molar-refractivity contribution is -0.127. The summed E-state index contributed by atoms with van der Waals surface area (Å²) in [7, 11) is 1.90. The van der Waals surface area contributed by atoms with Gasteiger partial charge in [-0.25, -0.2) is 0 Å². The summed E-state index contributed by atoms with van der Waals surface area (Å²) in [6.45, 7) is 4.48. The molecule has 2 saturated heterocycles. The molecule has 2 aromatic rings. The third-order valence-electron chi connectivity index (χ3n) is 5.61. The van der Waals surface area contributed by atoms with Crippen molar-refractivity contribution in [3.8, 4) is 0 Å². The Kier molecular flexibility index (Phi) is 3.68. The van der Waals surface area contributed by atoms with Gasteiger partial charge in [-0.3, -0.25) is 14.5 Å². The number of rotatable bonds is 2. The molecule has 1 N–H and O–H groups in total. The molecule has 1 aromatic carbocycles. The van der Waals surface area contributed by atoms with E-state index in [0.717, 1.165) is 41.5 Å². The van der Waals surface area contributed by atoms with Crippen LogP contribution in [0.4, 0.5) is 0 Å². The molecule has 0 unspecified atom stereocenters. The Bertz CT molecular complexity index is 857. The van der Waals surface area contributed by atoms with E-state index >= 15 is 0 Å². The lowest BCUT2D eigenvalue weighted by Crippen LogP contribution is -2.47. The van der Waals surface area contributed by atoms with Crippen molar-refractivity contribution < 1.29 is 4.79 Å². The van der Waals surface area contributed by atoms with Crippen LogP contribution in [0, 0.1) is 12.8 Å². The van der Waals surface area contributed by atoms with Crippen LogP contribution in [-0.2, 0) is 11.3 Å². The summed E-state index contributed by atoms with van der Waals surface area (Å²) in [5.74, 6) is 0.738. The number of nitrogens with zero attached hydrogens (tertiary/aromatic N) is 2. The normalized spacial score (nSPS) is 24.6. The van der Waals surface area contributed by atoms with Gasteiger partial charge in [-0.15, -0.1) is 0 Å². The van der Waals surface area contributed by atoms with Crippen LogP contribution in [0.1, 0.15) is 24.0 Å². The molecule has 0 spiro atoms. The van der Waals surface area contributed by atoms with E-state index in [9.17, 15) is 9.59 Å². The molecule has 0 radical (unpaired) electrons. The van der Waals surface area contributed by atoms with E-state index < -0.39 is 0 Å². The Morgan fingerprint density at radius 1 is 1.25 bits per heavy atom. The number of pyridine rings is 1. The van der Waals surface area contributed by atoms with Crippen LogP contribution in [-0.4, -0.2) is 46.9 Å². The third-order valence-corrected chi connectivity index (χ3v) is 5.61. The zero-order chi connectivity index (χ0) is 16.8. The van der Waals surface area contributed by atoms with Crippen molar-refractivity contribution in [2.75, 3.05) is 20.1 Å². The first-order valence-corrected chi connectivity index (χ1v) is 8.62. The maximum atomic E-state index is 12.4. The Morgan fingerprint density at radius 3 is 2.92 bits per heavy atom. The standard InChI is InChI=1S/C19H23N3O2/c1-12-3-4-13-8-15(19(24)20-16(13)7-12)10-22-6-5-14-9-18(23)21(2)17(14)11-22/h3-4,7-8,14,17H,5-6,9-11H2,1-2H3,(H,20,24)/t14-,17-/m1/s1. The first-order chi connectivity index (χ1) is 11.5. The number of likely N-dealkylation sites (tertiary alicyclic amines) is 2. The lowest BCUT2D eigenvalue weighted by Gasteiger charge is -2.37. The van der Waals surface area contributed by atoms with Crippen molar-refractivity contribution in [1.82, 2.24) is 14.8 Å². The molecule has 4 rings (SSSR count). The summed E-state index contributed by atoms with van der Waals surface area (Å²) in [4.78, 5) is 31.5. The maximum Gasteiger partial charge on any atom is 0.252 e. The van der Waals surface area contributed by atoms with Gasteiger partial charge in [0.2, 0.25) is 5.91 Å². The molecule has 1 aromatic heterocycles. The number of hydrogen-bond donors (Lipinski definition) is 1. The van der Waals surface area contributed by atoms with Crippen molar-refractivity contribution in [2.45, 2.75) is 32.4 Å². The van der Waals surface area contributed by atoms with Gasteiger partial charge in [-0.1, -0.05) is 12.1 Å². The number of fused-ring (bicyclic) bond motifs is 2. The van der Waals surface area contributed by atoms with Crippen LogP contribution < -0.4 is 5.56 Å². The minimum absolute atomic E-state index is 0.00826. The van der Waals surface area contributed by atoms with E-state index in [-0.39, 0.29) is 11.5 Å². The summed E-state index contributed by atoms with van der Waals surface area (Å²) >= 11 is 0. The van der Waals surface area contributed by atoms with Crippen LogP contribution in [0.15, 0.2) is 29.1 Å². The van der Waals surface area contributed by atoms with Gasteiger partial charge < -0.3 is 9.88 Å². The number of carbonyl (C=O) groups excluding carboxylic acids is 1. The van der Waals surface area contributed by atoms with Gasteiger partial charge in [0.1, 0.15) is 0 Å². The van der Waals surface area contributed by atoms with E-state index in [2.05, 4.69) is 22.0 Å². The summed E-state index contributed by atoms with van der Waals surface area (Å²) in [6, 6.07) is 8.43. The van der Waals surface area contributed by atoms with Crippen LogP contribution in [0.3, 0.4) is 0 Å². The van der Waals surface area contributed by atoms with Gasteiger partial charge in [0.05, 0.1) is 0 Å². The van der Waals surface area contributed by atoms with Gasteiger partial charge in [0.25, 0.3) is 5.56 Å². The van der Waals surface area contributed by atoms with Crippen molar-refractivity contribution in [1.29, 1.82) is 0 Å². The molecule has 0 saturated carbocycles. The SMILES string of the molecule is Cc1ccc2cc(CN3CC[C@@H]4CC(=O)N(C)[C@@H]4C3)c(=O)[nH]c2c1. The molecule has 0 aliphatic carbocycles. The highest BCUT2D eigenvalue weighted by molar-refractivity contribution is 5.80. The van der Waals surface area contributed by atoms with Crippen LogP contribution in [0.2, 0.25) is 0 Å². The highest BCUT2D eigenvalue weighted by atomic mass is 16.2. The Balaban J connectivity index is 1.56. The molecular weight excluding hydrogens is 302 g/mol. The van der Waals surface area contributed by atoms with Gasteiger partial charge in [0.15, 0.2) is 0 Å². The minimum atomic E-state index is -0.00826. The highest BCUT2D eigenvalue weighted by Gasteiger charge is 2.40. The first-order valence-electron chi connectivity index (χ1n) is 8.62. The average molecular weight is 325 g/mol. The fourth-order valence-corrected chi connectivity index (χ4v) is 4.14. The Labute approximate surface area is 141 Å². The molecule has 3 heterocycles. The molecule has 5 nitrogen and oxygen atoms in total. The van der Waals surface area contributed by atoms with E-state index in [0.29, 0.717) is 24.9 Å².